The Morgan fingerprint density at radius 3 is 2.57 bits per heavy atom. The minimum Gasteiger partial charge on any atom is -0.394 e. The Balaban J connectivity index is 2.08. The van der Waals surface area contributed by atoms with Crippen molar-refractivity contribution in [2.75, 3.05) is 29.1 Å². The summed E-state index contributed by atoms with van der Waals surface area (Å²) in [5.74, 6) is -1.37. The topological polar surface area (TPSA) is 119 Å². The second-order valence-electron chi connectivity index (χ2n) is 5.71. The summed E-state index contributed by atoms with van der Waals surface area (Å²) in [5, 5.41) is 25.2. The molecule has 0 spiro atoms. The summed E-state index contributed by atoms with van der Waals surface area (Å²) in [7, 11) is 0. The van der Waals surface area contributed by atoms with Crippen molar-refractivity contribution in [3.8, 4) is 0 Å². The van der Waals surface area contributed by atoms with Crippen molar-refractivity contribution in [1.29, 1.82) is 0 Å². The number of halogens is 4. The number of anilines is 3. The molecule has 2 aromatic rings. The lowest BCUT2D eigenvalue weighted by Crippen LogP contribution is -2.24. The van der Waals surface area contributed by atoms with Crippen LogP contribution in [0.5, 0.6) is 0 Å². The molecule has 1 aromatic heterocycles. The number of hydrogen-bond acceptors (Lipinski definition) is 6. The molecule has 2 rings (SSSR count). The molecule has 0 aliphatic heterocycles. The molecule has 8 nitrogen and oxygen atoms in total. The van der Waals surface area contributed by atoms with Gasteiger partial charge in [-0.25, -0.2) is 14.2 Å². The highest BCUT2D eigenvalue weighted by molar-refractivity contribution is 5.98. The van der Waals surface area contributed by atoms with Crippen LogP contribution in [0.25, 0.3) is 0 Å². The number of urea groups is 1. The first kappa shape index (κ1) is 21.3. The number of benzene rings is 1. The van der Waals surface area contributed by atoms with Gasteiger partial charge in [0, 0.05) is 24.0 Å². The van der Waals surface area contributed by atoms with Crippen LogP contribution >= 0.6 is 0 Å². The third-order valence-electron chi connectivity index (χ3n) is 3.34. The number of carbonyl (C=O) groups is 1. The number of hydrogen-bond donors (Lipinski definition) is 5. The first-order valence-electron chi connectivity index (χ1n) is 7.91. The highest BCUT2D eigenvalue weighted by atomic mass is 19.4. The zero-order valence-corrected chi connectivity index (χ0v) is 14.5. The van der Waals surface area contributed by atoms with Crippen LogP contribution in [0.4, 0.5) is 39.8 Å². The van der Waals surface area contributed by atoms with Crippen LogP contribution in [0.1, 0.15) is 11.3 Å². The first-order chi connectivity index (χ1) is 13.1. The van der Waals surface area contributed by atoms with Gasteiger partial charge in [-0.15, -0.1) is 0 Å². The van der Waals surface area contributed by atoms with Gasteiger partial charge in [0.15, 0.2) is 0 Å². The Kier molecular flexibility index (Phi) is 6.70. The van der Waals surface area contributed by atoms with Crippen molar-refractivity contribution in [2.45, 2.75) is 19.2 Å². The summed E-state index contributed by atoms with van der Waals surface area (Å²) in [6.07, 6.45) is -5.92. The van der Waals surface area contributed by atoms with Gasteiger partial charge in [0.05, 0.1) is 18.3 Å². The van der Waals surface area contributed by atoms with E-state index in [1.807, 2.05) is 0 Å². The lowest BCUT2D eigenvalue weighted by molar-refractivity contribution is -0.139. The Morgan fingerprint density at radius 1 is 1.21 bits per heavy atom. The number of aromatic nitrogens is 2. The molecule has 0 aliphatic carbocycles. The van der Waals surface area contributed by atoms with Gasteiger partial charge in [0.25, 0.3) is 0 Å². The lowest BCUT2D eigenvalue weighted by Gasteiger charge is -2.13. The lowest BCUT2D eigenvalue weighted by atomic mass is 10.2. The maximum atomic E-state index is 13.3. The quantitative estimate of drug-likeness (QED) is 0.473. The highest BCUT2D eigenvalue weighted by Crippen LogP contribution is 2.33. The molecule has 1 aromatic carbocycles. The number of alkyl halides is 3. The van der Waals surface area contributed by atoms with E-state index in [1.54, 1.807) is 6.92 Å². The van der Waals surface area contributed by atoms with Crippen LogP contribution < -0.4 is 16.0 Å². The number of amides is 2. The third-order valence-corrected chi connectivity index (χ3v) is 3.34. The van der Waals surface area contributed by atoms with Gasteiger partial charge in [-0.3, -0.25) is 5.32 Å². The maximum Gasteiger partial charge on any atom is 0.419 e. The molecule has 0 saturated heterocycles. The average molecular weight is 403 g/mol. The second kappa shape index (κ2) is 8.80. The van der Waals surface area contributed by atoms with Crippen LogP contribution in [-0.2, 0) is 6.18 Å². The van der Waals surface area contributed by atoms with E-state index in [0.29, 0.717) is 17.8 Å². The van der Waals surface area contributed by atoms with Crippen molar-refractivity contribution in [3.63, 3.8) is 0 Å². The fourth-order valence-electron chi connectivity index (χ4n) is 2.09. The molecule has 2 amide bonds. The largest absolute Gasteiger partial charge is 0.419 e. The monoisotopic (exact) mass is 403 g/mol. The molecule has 1 unspecified atom stereocenters. The zero-order chi connectivity index (χ0) is 20.9. The van der Waals surface area contributed by atoms with Crippen LogP contribution in [-0.4, -0.2) is 45.5 Å². The molecular formula is C16H17F4N5O3. The van der Waals surface area contributed by atoms with E-state index in [4.69, 9.17) is 5.11 Å². The van der Waals surface area contributed by atoms with E-state index in [1.165, 1.54) is 6.07 Å². The van der Waals surface area contributed by atoms with Gasteiger partial charge in [0.2, 0.25) is 5.95 Å². The molecule has 152 valence electrons. The summed E-state index contributed by atoms with van der Waals surface area (Å²) >= 11 is 0. The highest BCUT2D eigenvalue weighted by Gasteiger charge is 2.34. The Labute approximate surface area is 156 Å². The van der Waals surface area contributed by atoms with Gasteiger partial charge in [0.1, 0.15) is 11.6 Å². The summed E-state index contributed by atoms with van der Waals surface area (Å²) in [4.78, 5) is 19.9. The smallest absolute Gasteiger partial charge is 0.394 e. The summed E-state index contributed by atoms with van der Waals surface area (Å²) in [5.41, 5.74) is -1.33. The number of nitrogens with zero attached hydrogens (tertiary/aromatic N) is 2. The standard InChI is InChI=1S/C16H17F4N5O3/c1-8-4-13(21-6-10(27)7-26)24-14(22-8)25-15(28)23-9-2-3-12(17)11(5-9)16(18,19)20/h2-5,10,26-27H,6-7H2,1H3,(H3,21,22,23,24,25,28). The molecule has 0 saturated carbocycles. The molecule has 0 radical (unpaired) electrons. The third kappa shape index (κ3) is 6.03. The molecule has 12 heteroatoms. The van der Waals surface area contributed by atoms with Crippen LogP contribution in [0.15, 0.2) is 24.3 Å². The van der Waals surface area contributed by atoms with Gasteiger partial charge < -0.3 is 20.8 Å². The number of aryl methyl sites for hydroxylation is 1. The summed E-state index contributed by atoms with van der Waals surface area (Å²) in [6.45, 7) is 1.14. The Hall–Kier alpha value is -2.99. The van der Waals surface area contributed by atoms with Gasteiger partial charge in [-0.05, 0) is 25.1 Å². The minimum absolute atomic E-state index is 0.00557. The van der Waals surface area contributed by atoms with Crippen LogP contribution in [0.3, 0.4) is 0 Å². The van der Waals surface area contributed by atoms with Crippen LogP contribution in [0, 0.1) is 12.7 Å². The van der Waals surface area contributed by atoms with Crippen molar-refractivity contribution in [2.24, 2.45) is 0 Å². The first-order valence-corrected chi connectivity index (χ1v) is 7.91. The zero-order valence-electron chi connectivity index (χ0n) is 14.5. The predicted octanol–water partition coefficient (Wildman–Crippen LogP) is 2.35. The molecule has 28 heavy (non-hydrogen) atoms. The molecule has 0 fully saturated rings. The van der Waals surface area contributed by atoms with E-state index in [9.17, 15) is 27.5 Å². The van der Waals surface area contributed by atoms with Crippen LogP contribution in [0.2, 0.25) is 0 Å². The summed E-state index contributed by atoms with van der Waals surface area (Å²) in [6, 6.07) is 2.62. The number of carbonyl (C=O) groups excluding carboxylic acids is 1. The van der Waals surface area contributed by atoms with E-state index in [2.05, 4.69) is 25.9 Å². The van der Waals surface area contributed by atoms with Gasteiger partial charge in [-0.1, -0.05) is 0 Å². The number of aliphatic hydroxyl groups excluding tert-OH is 2. The Bertz CT molecular complexity index is 848. The van der Waals surface area contributed by atoms with E-state index >= 15 is 0 Å². The molecule has 0 bridgehead atoms. The second-order valence-corrected chi connectivity index (χ2v) is 5.71. The molecular weight excluding hydrogens is 386 g/mol. The van der Waals surface area contributed by atoms with E-state index in [0.717, 1.165) is 6.07 Å². The fourth-order valence-corrected chi connectivity index (χ4v) is 2.09. The van der Waals surface area contributed by atoms with Gasteiger partial charge in [-0.2, -0.15) is 18.2 Å². The summed E-state index contributed by atoms with van der Waals surface area (Å²) < 4.78 is 51.5. The van der Waals surface area contributed by atoms with Gasteiger partial charge >= 0.3 is 12.2 Å². The normalized spacial score (nSPS) is 12.4. The average Bonchev–Trinajstić information content (AvgIpc) is 2.59. The number of nitrogens with one attached hydrogen (secondary N) is 3. The molecule has 1 atom stereocenters. The van der Waals surface area contributed by atoms with Crippen molar-refractivity contribution < 1.29 is 32.6 Å². The fraction of sp³-hybridized carbons (Fsp3) is 0.312. The van der Waals surface area contributed by atoms with Crippen molar-refractivity contribution in [1.82, 2.24) is 9.97 Å². The van der Waals surface area contributed by atoms with Crippen molar-refractivity contribution in [3.05, 3.63) is 41.3 Å². The van der Waals surface area contributed by atoms with E-state index in [-0.39, 0.29) is 24.0 Å². The predicted molar refractivity (Wildman–Crippen MR) is 92.4 cm³/mol. The SMILES string of the molecule is Cc1cc(NCC(O)CO)nc(NC(=O)Nc2ccc(F)c(C(F)(F)F)c2)n1. The molecule has 0 aliphatic rings. The maximum absolute atomic E-state index is 13.3. The van der Waals surface area contributed by atoms with E-state index < -0.39 is 36.3 Å². The minimum atomic E-state index is -4.91. The Morgan fingerprint density at radius 2 is 1.93 bits per heavy atom. The number of aliphatic hydroxyl groups is 2. The van der Waals surface area contributed by atoms with Crippen molar-refractivity contribution >= 4 is 23.5 Å². The number of rotatable bonds is 6. The molecule has 5 N–H and O–H groups in total. The molecule has 1 heterocycles.